The van der Waals surface area contributed by atoms with Gasteiger partial charge in [0.25, 0.3) is 0 Å². The molecule has 0 aliphatic heterocycles. The SMILES string of the molecule is COc1cccc(Oc2c(C)cccc2NC(=O)Nc2nccs2)c1OC. The number of hydrogen-bond donors (Lipinski definition) is 2. The third-order valence-electron chi connectivity index (χ3n) is 3.69. The number of carbonyl (C=O) groups is 1. The summed E-state index contributed by atoms with van der Waals surface area (Å²) < 4.78 is 16.8. The van der Waals surface area contributed by atoms with Gasteiger partial charge in [0.1, 0.15) is 0 Å². The minimum Gasteiger partial charge on any atom is -0.493 e. The number of hydrogen-bond acceptors (Lipinski definition) is 6. The normalized spacial score (nSPS) is 10.2. The number of carbonyl (C=O) groups excluding carboxylic acids is 1. The third kappa shape index (κ3) is 4.29. The average molecular weight is 385 g/mol. The van der Waals surface area contributed by atoms with Gasteiger partial charge in [-0.15, -0.1) is 11.3 Å². The van der Waals surface area contributed by atoms with Crippen molar-refractivity contribution < 1.29 is 19.0 Å². The molecule has 0 fully saturated rings. The Hall–Kier alpha value is -3.26. The van der Waals surface area contributed by atoms with Crippen LogP contribution in [0.15, 0.2) is 48.0 Å². The van der Waals surface area contributed by atoms with Gasteiger partial charge in [0.05, 0.1) is 19.9 Å². The monoisotopic (exact) mass is 385 g/mol. The predicted octanol–water partition coefficient (Wildman–Crippen LogP) is 4.91. The van der Waals surface area contributed by atoms with Crippen LogP contribution in [0, 0.1) is 6.92 Å². The van der Waals surface area contributed by atoms with E-state index >= 15 is 0 Å². The van der Waals surface area contributed by atoms with E-state index in [-0.39, 0.29) is 0 Å². The first-order chi connectivity index (χ1) is 13.1. The number of rotatable bonds is 6. The second-order valence-corrected chi connectivity index (χ2v) is 6.36. The molecule has 0 bridgehead atoms. The molecule has 3 aromatic rings. The van der Waals surface area contributed by atoms with E-state index in [1.165, 1.54) is 11.3 Å². The number of benzene rings is 2. The molecule has 0 aliphatic carbocycles. The summed E-state index contributed by atoms with van der Waals surface area (Å²) in [6.07, 6.45) is 1.62. The Morgan fingerprint density at radius 3 is 2.48 bits per heavy atom. The van der Waals surface area contributed by atoms with Gasteiger partial charge in [-0.2, -0.15) is 0 Å². The lowest BCUT2D eigenvalue weighted by Crippen LogP contribution is -2.19. The van der Waals surface area contributed by atoms with Crippen molar-refractivity contribution in [3.63, 3.8) is 0 Å². The summed E-state index contributed by atoms with van der Waals surface area (Å²) in [6, 6.07) is 10.4. The Morgan fingerprint density at radius 1 is 1.00 bits per heavy atom. The van der Waals surface area contributed by atoms with Crippen molar-refractivity contribution in [1.29, 1.82) is 0 Å². The standard InChI is InChI=1S/C19H19N3O4S/c1-12-6-4-7-13(21-18(23)22-19-20-10-11-27-19)16(12)26-15-9-5-8-14(24-2)17(15)25-3/h4-11H,1-3H3,(H2,20,21,22,23). The van der Waals surface area contributed by atoms with Crippen molar-refractivity contribution in [3.05, 3.63) is 53.5 Å². The number of thiazole rings is 1. The minimum absolute atomic E-state index is 0.405. The van der Waals surface area contributed by atoms with Crippen LogP contribution in [0.3, 0.4) is 0 Å². The first kappa shape index (κ1) is 18.5. The zero-order chi connectivity index (χ0) is 19.2. The van der Waals surface area contributed by atoms with E-state index < -0.39 is 6.03 Å². The number of amides is 2. The van der Waals surface area contributed by atoms with E-state index in [9.17, 15) is 4.79 Å². The van der Waals surface area contributed by atoms with Crippen molar-refractivity contribution in [3.8, 4) is 23.0 Å². The molecular formula is C19H19N3O4S. The lowest BCUT2D eigenvalue weighted by atomic mass is 10.2. The van der Waals surface area contributed by atoms with Crippen molar-refractivity contribution in [2.24, 2.45) is 0 Å². The number of aryl methyl sites for hydroxylation is 1. The van der Waals surface area contributed by atoms with Gasteiger partial charge in [0.2, 0.25) is 5.75 Å². The van der Waals surface area contributed by atoms with Crippen molar-refractivity contribution in [1.82, 2.24) is 4.98 Å². The highest BCUT2D eigenvalue weighted by molar-refractivity contribution is 7.13. The zero-order valence-corrected chi connectivity index (χ0v) is 15.9. The highest BCUT2D eigenvalue weighted by atomic mass is 32.1. The summed E-state index contributed by atoms with van der Waals surface area (Å²) >= 11 is 1.34. The molecule has 0 saturated heterocycles. The summed E-state index contributed by atoms with van der Waals surface area (Å²) in [6.45, 7) is 1.89. The van der Waals surface area contributed by atoms with E-state index in [0.717, 1.165) is 5.56 Å². The fourth-order valence-electron chi connectivity index (χ4n) is 2.47. The van der Waals surface area contributed by atoms with Crippen LogP contribution in [0.4, 0.5) is 15.6 Å². The second-order valence-electron chi connectivity index (χ2n) is 5.46. The van der Waals surface area contributed by atoms with E-state index in [1.807, 2.05) is 19.1 Å². The number of para-hydroxylation sites is 2. The van der Waals surface area contributed by atoms with Crippen molar-refractivity contribution in [2.75, 3.05) is 24.9 Å². The molecule has 0 spiro atoms. The molecule has 140 valence electrons. The van der Waals surface area contributed by atoms with Crippen LogP contribution < -0.4 is 24.8 Å². The number of nitrogens with one attached hydrogen (secondary N) is 2. The van der Waals surface area contributed by atoms with Gasteiger partial charge in [0, 0.05) is 11.6 Å². The minimum atomic E-state index is -0.405. The molecule has 27 heavy (non-hydrogen) atoms. The van der Waals surface area contributed by atoms with E-state index in [0.29, 0.717) is 33.8 Å². The Kier molecular flexibility index (Phi) is 5.77. The van der Waals surface area contributed by atoms with Crippen LogP contribution in [0.1, 0.15) is 5.56 Å². The molecule has 7 nitrogen and oxygen atoms in total. The molecule has 0 saturated carbocycles. The molecule has 0 radical (unpaired) electrons. The molecule has 1 aromatic heterocycles. The molecule has 0 atom stereocenters. The number of methoxy groups -OCH3 is 2. The lowest BCUT2D eigenvalue weighted by molar-refractivity contribution is 0.262. The average Bonchev–Trinajstić information content (AvgIpc) is 3.17. The lowest BCUT2D eigenvalue weighted by Gasteiger charge is -2.17. The molecule has 0 aliphatic rings. The van der Waals surface area contributed by atoms with Gasteiger partial charge < -0.3 is 19.5 Å². The van der Waals surface area contributed by atoms with Crippen LogP contribution in [0.2, 0.25) is 0 Å². The molecular weight excluding hydrogens is 366 g/mol. The highest BCUT2D eigenvalue weighted by Gasteiger charge is 2.16. The van der Waals surface area contributed by atoms with Gasteiger partial charge in [-0.25, -0.2) is 9.78 Å². The fourth-order valence-corrected chi connectivity index (χ4v) is 2.99. The summed E-state index contributed by atoms with van der Waals surface area (Å²) in [5.41, 5.74) is 1.38. The maximum absolute atomic E-state index is 12.3. The Bertz CT molecular complexity index is 929. The molecule has 2 aromatic carbocycles. The van der Waals surface area contributed by atoms with Crippen LogP contribution in [-0.2, 0) is 0 Å². The molecule has 8 heteroatoms. The van der Waals surface area contributed by atoms with Gasteiger partial charge in [0.15, 0.2) is 22.4 Å². The molecule has 1 heterocycles. The number of nitrogens with zero attached hydrogens (tertiary/aromatic N) is 1. The number of anilines is 2. The highest BCUT2D eigenvalue weighted by Crippen LogP contribution is 2.42. The van der Waals surface area contributed by atoms with Crippen LogP contribution in [-0.4, -0.2) is 25.2 Å². The van der Waals surface area contributed by atoms with Gasteiger partial charge in [-0.3, -0.25) is 5.32 Å². The third-order valence-corrected chi connectivity index (χ3v) is 4.38. The van der Waals surface area contributed by atoms with E-state index in [2.05, 4.69) is 15.6 Å². The van der Waals surface area contributed by atoms with E-state index in [4.69, 9.17) is 14.2 Å². The zero-order valence-electron chi connectivity index (χ0n) is 15.1. The van der Waals surface area contributed by atoms with Crippen molar-refractivity contribution in [2.45, 2.75) is 6.92 Å². The fraction of sp³-hybridized carbons (Fsp3) is 0.158. The maximum atomic E-state index is 12.3. The first-order valence-electron chi connectivity index (χ1n) is 8.08. The molecule has 2 N–H and O–H groups in total. The number of ether oxygens (including phenoxy) is 3. The quantitative estimate of drug-likeness (QED) is 0.630. The van der Waals surface area contributed by atoms with Crippen LogP contribution >= 0.6 is 11.3 Å². The Balaban J connectivity index is 1.87. The Labute approximate surface area is 160 Å². The van der Waals surface area contributed by atoms with Gasteiger partial charge in [-0.05, 0) is 30.7 Å². The second kappa shape index (κ2) is 8.41. The van der Waals surface area contributed by atoms with Gasteiger partial charge >= 0.3 is 6.03 Å². The molecule has 3 rings (SSSR count). The summed E-state index contributed by atoms with van der Waals surface area (Å²) in [5, 5.41) is 7.77. The Morgan fingerprint density at radius 2 is 1.78 bits per heavy atom. The summed E-state index contributed by atoms with van der Waals surface area (Å²) in [4.78, 5) is 16.3. The predicted molar refractivity (Wildman–Crippen MR) is 106 cm³/mol. The topological polar surface area (TPSA) is 81.7 Å². The van der Waals surface area contributed by atoms with Crippen LogP contribution in [0.25, 0.3) is 0 Å². The first-order valence-corrected chi connectivity index (χ1v) is 8.96. The summed E-state index contributed by atoms with van der Waals surface area (Å²) in [7, 11) is 3.11. The van der Waals surface area contributed by atoms with E-state index in [1.54, 1.807) is 50.1 Å². The molecule has 0 unspecified atom stereocenters. The largest absolute Gasteiger partial charge is 0.493 e. The molecule has 2 amide bonds. The summed E-state index contributed by atoms with van der Waals surface area (Å²) in [5.74, 6) is 2.02. The maximum Gasteiger partial charge on any atom is 0.325 e. The number of aromatic nitrogens is 1. The van der Waals surface area contributed by atoms with Crippen molar-refractivity contribution >= 4 is 28.2 Å². The van der Waals surface area contributed by atoms with Crippen LogP contribution in [0.5, 0.6) is 23.0 Å². The smallest absolute Gasteiger partial charge is 0.325 e. The van der Waals surface area contributed by atoms with Gasteiger partial charge in [-0.1, -0.05) is 18.2 Å². The number of urea groups is 1.